The van der Waals surface area contributed by atoms with Gasteiger partial charge in [0.1, 0.15) is 18.1 Å². The average Bonchev–Trinajstić information content (AvgIpc) is 3.36. The first-order chi connectivity index (χ1) is 15.9. The molecule has 3 heterocycles. The Labute approximate surface area is 197 Å². The van der Waals surface area contributed by atoms with Gasteiger partial charge >= 0.3 is 5.97 Å². The van der Waals surface area contributed by atoms with Gasteiger partial charge < -0.3 is 18.8 Å². The van der Waals surface area contributed by atoms with Crippen LogP contribution >= 0.6 is 11.3 Å². The van der Waals surface area contributed by atoms with Gasteiger partial charge in [-0.1, -0.05) is 6.92 Å². The molecule has 0 bridgehead atoms. The lowest BCUT2D eigenvalue weighted by atomic mass is 9.90. The highest BCUT2D eigenvalue weighted by atomic mass is 32.1. The number of ketones is 1. The van der Waals surface area contributed by atoms with Crippen LogP contribution in [0.25, 0.3) is 5.69 Å². The lowest BCUT2D eigenvalue weighted by Crippen LogP contribution is -2.16. The predicted molar refractivity (Wildman–Crippen MR) is 126 cm³/mol. The lowest BCUT2D eigenvalue weighted by Gasteiger charge is -2.20. The third-order valence-electron chi connectivity index (χ3n) is 6.38. The molecule has 7 heteroatoms. The number of hydrogen-bond donors (Lipinski definition) is 0. The summed E-state index contributed by atoms with van der Waals surface area (Å²) in [6.45, 7) is 6.86. The van der Waals surface area contributed by atoms with Gasteiger partial charge in [-0.05, 0) is 68.9 Å². The van der Waals surface area contributed by atoms with E-state index in [-0.39, 0.29) is 12.4 Å². The molecule has 6 nitrogen and oxygen atoms in total. The summed E-state index contributed by atoms with van der Waals surface area (Å²) in [7, 11) is 0. The Morgan fingerprint density at radius 1 is 1.12 bits per heavy atom. The van der Waals surface area contributed by atoms with E-state index in [2.05, 4.69) is 6.92 Å². The Morgan fingerprint density at radius 2 is 1.91 bits per heavy atom. The number of fused-ring (bicyclic) bond motifs is 2. The molecule has 172 valence electrons. The number of hydrogen-bond acceptors (Lipinski definition) is 6. The van der Waals surface area contributed by atoms with Crippen LogP contribution in [-0.2, 0) is 17.6 Å². The van der Waals surface area contributed by atoms with Crippen LogP contribution in [0.4, 0.5) is 0 Å². The van der Waals surface area contributed by atoms with Crippen LogP contribution in [-0.4, -0.2) is 36.1 Å². The zero-order valence-electron chi connectivity index (χ0n) is 19.1. The molecule has 2 aromatic heterocycles. The van der Waals surface area contributed by atoms with Crippen molar-refractivity contribution in [1.29, 1.82) is 0 Å². The third-order valence-corrected chi connectivity index (χ3v) is 7.60. The standard InChI is InChI=1S/C26H27NO5S/c1-15-4-7-24-18(10-15)12-25(33-24)26(29)32-14-21(28)20-11-16(2)27(17(20)3)19-5-6-22-23(13-19)31-9-8-30-22/h5-6,11-13,15H,4,7-10,14H2,1-3H3/t15-/m1/s1. The zero-order chi connectivity index (χ0) is 23.1. The van der Waals surface area contributed by atoms with Crippen LogP contribution < -0.4 is 9.47 Å². The van der Waals surface area contributed by atoms with Gasteiger partial charge in [-0.25, -0.2) is 4.79 Å². The summed E-state index contributed by atoms with van der Waals surface area (Å²) in [6, 6.07) is 9.53. The van der Waals surface area contributed by atoms with E-state index in [1.165, 1.54) is 21.8 Å². The maximum absolute atomic E-state index is 12.9. The molecule has 5 rings (SSSR count). The van der Waals surface area contributed by atoms with Crippen molar-refractivity contribution in [2.45, 2.75) is 40.0 Å². The highest BCUT2D eigenvalue weighted by Crippen LogP contribution is 2.34. The van der Waals surface area contributed by atoms with Crippen LogP contribution in [0, 0.1) is 19.8 Å². The predicted octanol–water partition coefficient (Wildman–Crippen LogP) is 5.09. The molecule has 0 saturated carbocycles. The van der Waals surface area contributed by atoms with Crippen molar-refractivity contribution in [2.24, 2.45) is 5.92 Å². The maximum Gasteiger partial charge on any atom is 0.348 e. The summed E-state index contributed by atoms with van der Waals surface area (Å²) in [6.07, 6.45) is 3.17. The van der Waals surface area contributed by atoms with Crippen molar-refractivity contribution in [2.75, 3.05) is 19.8 Å². The highest BCUT2D eigenvalue weighted by molar-refractivity contribution is 7.14. The molecule has 0 radical (unpaired) electrons. The van der Waals surface area contributed by atoms with E-state index in [0.29, 0.717) is 35.3 Å². The van der Waals surface area contributed by atoms with Gasteiger partial charge in [0, 0.05) is 33.6 Å². The Morgan fingerprint density at radius 3 is 2.73 bits per heavy atom. The number of Topliss-reactive ketones (excluding diaryl/α,β-unsaturated/α-hetero) is 1. The molecule has 2 aliphatic rings. The second-order valence-corrected chi connectivity index (χ2v) is 9.99. The van der Waals surface area contributed by atoms with Crippen molar-refractivity contribution in [1.82, 2.24) is 4.57 Å². The van der Waals surface area contributed by atoms with Crippen LogP contribution in [0.15, 0.2) is 30.3 Å². The topological polar surface area (TPSA) is 66.8 Å². The number of nitrogens with zero attached hydrogens (tertiary/aromatic N) is 1. The molecule has 1 aromatic carbocycles. The number of carbonyl (C=O) groups excluding carboxylic acids is 2. The van der Waals surface area contributed by atoms with Crippen LogP contribution in [0.5, 0.6) is 11.5 Å². The van der Waals surface area contributed by atoms with Crippen LogP contribution in [0.2, 0.25) is 0 Å². The Bertz CT molecular complexity index is 1240. The molecule has 0 amide bonds. The van der Waals surface area contributed by atoms with Gasteiger partial charge in [0.25, 0.3) is 0 Å². The summed E-state index contributed by atoms with van der Waals surface area (Å²) in [4.78, 5) is 27.4. The molecule has 1 atom stereocenters. The fourth-order valence-corrected chi connectivity index (χ4v) is 5.80. The summed E-state index contributed by atoms with van der Waals surface area (Å²) < 4.78 is 18.7. The number of aromatic nitrogens is 1. The zero-order valence-corrected chi connectivity index (χ0v) is 19.9. The van der Waals surface area contributed by atoms with Gasteiger partial charge in [0.2, 0.25) is 5.78 Å². The van der Waals surface area contributed by atoms with Crippen molar-refractivity contribution in [3.8, 4) is 17.2 Å². The molecule has 0 spiro atoms. The number of ether oxygens (including phenoxy) is 3. The molecule has 0 unspecified atom stereocenters. The van der Waals surface area contributed by atoms with Crippen molar-refractivity contribution < 1.29 is 23.8 Å². The lowest BCUT2D eigenvalue weighted by molar-refractivity contribution is 0.0479. The van der Waals surface area contributed by atoms with E-state index in [0.717, 1.165) is 42.1 Å². The Kier molecular flexibility index (Phi) is 5.74. The Hall–Kier alpha value is -3.06. The smallest absolute Gasteiger partial charge is 0.348 e. The van der Waals surface area contributed by atoms with Crippen molar-refractivity contribution in [3.05, 3.63) is 62.6 Å². The Balaban J connectivity index is 1.30. The molecule has 33 heavy (non-hydrogen) atoms. The van der Waals surface area contributed by atoms with Gasteiger partial charge in [-0.2, -0.15) is 0 Å². The monoisotopic (exact) mass is 465 g/mol. The minimum Gasteiger partial charge on any atom is -0.486 e. The normalized spacial score (nSPS) is 16.9. The van der Waals surface area contributed by atoms with E-state index in [1.54, 1.807) is 0 Å². The molecule has 1 aliphatic heterocycles. The summed E-state index contributed by atoms with van der Waals surface area (Å²) in [5.41, 5.74) is 4.41. The van der Waals surface area contributed by atoms with Gasteiger partial charge in [-0.15, -0.1) is 11.3 Å². The number of esters is 1. The third kappa shape index (κ3) is 4.17. The first kappa shape index (κ1) is 21.8. The van der Waals surface area contributed by atoms with Gasteiger partial charge in [0.05, 0.1) is 0 Å². The first-order valence-electron chi connectivity index (χ1n) is 11.3. The molecule has 0 saturated heterocycles. The molecule has 1 aliphatic carbocycles. The minimum atomic E-state index is -0.420. The maximum atomic E-state index is 12.9. The number of carbonyl (C=O) groups is 2. The SMILES string of the molecule is Cc1cc(C(=O)COC(=O)c2cc3c(s2)CC[C@@H](C)C3)c(C)n1-c1ccc2c(c1)OCCO2. The summed E-state index contributed by atoms with van der Waals surface area (Å²) in [5.74, 6) is 1.43. The largest absolute Gasteiger partial charge is 0.486 e. The van der Waals surface area contributed by atoms with Crippen molar-refractivity contribution >= 4 is 23.1 Å². The molecular formula is C26H27NO5S. The van der Waals surface area contributed by atoms with Gasteiger partial charge in [0.15, 0.2) is 18.1 Å². The second-order valence-electron chi connectivity index (χ2n) is 8.85. The second kappa shape index (κ2) is 8.71. The van der Waals surface area contributed by atoms with E-state index in [4.69, 9.17) is 14.2 Å². The van der Waals surface area contributed by atoms with E-state index >= 15 is 0 Å². The van der Waals surface area contributed by atoms with Gasteiger partial charge in [-0.3, -0.25) is 4.79 Å². The quantitative estimate of drug-likeness (QED) is 0.388. The molecule has 3 aromatic rings. The molecule has 0 N–H and O–H groups in total. The van der Waals surface area contributed by atoms with E-state index in [1.807, 2.05) is 48.7 Å². The highest BCUT2D eigenvalue weighted by Gasteiger charge is 2.23. The number of rotatable bonds is 5. The first-order valence-corrected chi connectivity index (χ1v) is 12.1. The fraction of sp³-hybridized carbons (Fsp3) is 0.385. The average molecular weight is 466 g/mol. The number of thiophene rings is 1. The molecule has 0 fully saturated rings. The fourth-order valence-electron chi connectivity index (χ4n) is 4.70. The minimum absolute atomic E-state index is 0.213. The van der Waals surface area contributed by atoms with Crippen molar-refractivity contribution in [3.63, 3.8) is 0 Å². The summed E-state index contributed by atoms with van der Waals surface area (Å²) in [5, 5.41) is 0. The number of aryl methyl sites for hydroxylation is 2. The summed E-state index contributed by atoms with van der Waals surface area (Å²) >= 11 is 1.50. The van der Waals surface area contributed by atoms with E-state index in [9.17, 15) is 9.59 Å². The number of benzene rings is 1. The van der Waals surface area contributed by atoms with Crippen LogP contribution in [0.1, 0.15) is 55.2 Å². The van der Waals surface area contributed by atoms with Crippen LogP contribution in [0.3, 0.4) is 0 Å². The molecular weight excluding hydrogens is 438 g/mol. The van der Waals surface area contributed by atoms with E-state index < -0.39 is 5.97 Å².